The average molecular weight is 154 g/mol. The molecule has 0 heterocycles. The van der Waals surface area contributed by atoms with Crippen LogP contribution >= 0.6 is 0 Å². The van der Waals surface area contributed by atoms with Crippen molar-refractivity contribution in [2.75, 3.05) is 0 Å². The molecule has 1 rings (SSSR count). The van der Waals surface area contributed by atoms with E-state index in [0.717, 1.165) is 0 Å². The van der Waals surface area contributed by atoms with Crippen molar-refractivity contribution in [1.29, 1.82) is 0 Å². The van der Waals surface area contributed by atoms with Gasteiger partial charge in [-0.15, -0.1) is 0 Å². The molecule has 0 nitrogen and oxygen atoms in total. The third-order valence-corrected chi connectivity index (χ3v) is 1.20. The topological polar surface area (TPSA) is 0 Å². The van der Waals surface area contributed by atoms with E-state index in [2.05, 4.69) is 15.5 Å². The van der Waals surface area contributed by atoms with Gasteiger partial charge in [0.1, 0.15) is 0 Å². The van der Waals surface area contributed by atoms with Crippen LogP contribution in [0.4, 0.5) is 4.39 Å². The van der Waals surface area contributed by atoms with Gasteiger partial charge in [-0.2, -0.15) is 0 Å². The molecule has 0 N–H and O–H groups in total. The molecular weight excluding hydrogens is 150 g/mol. The molecule has 0 bridgehead atoms. The van der Waals surface area contributed by atoms with E-state index in [-0.39, 0.29) is 5.82 Å². The Labute approximate surface area is 55.1 Å². The molecule has 0 atom stereocenters. The molecule has 0 amide bonds. The molecule has 0 radical (unpaired) electrons. The van der Waals surface area contributed by atoms with Crippen molar-refractivity contribution in [2.24, 2.45) is 0 Å². The van der Waals surface area contributed by atoms with Crippen molar-refractivity contribution in [3.8, 4) is 0 Å². The van der Waals surface area contributed by atoms with E-state index in [0.29, 0.717) is 4.53 Å². The molecule has 1 aromatic rings. The zero-order valence-electron chi connectivity index (χ0n) is 4.00. The summed E-state index contributed by atoms with van der Waals surface area (Å²) in [6, 6.07) is 6.29. The molecule has 8 heavy (non-hydrogen) atoms. The quantitative estimate of drug-likeness (QED) is 0.488. The van der Waals surface area contributed by atoms with Crippen LogP contribution in [0.15, 0.2) is 24.3 Å². The van der Waals surface area contributed by atoms with E-state index < -0.39 is 0 Å². The van der Waals surface area contributed by atoms with Gasteiger partial charge in [0.2, 0.25) is 0 Å². The zero-order valence-corrected chi connectivity index (χ0v) is 4.99. The van der Waals surface area contributed by atoms with Gasteiger partial charge >= 0.3 is 54.5 Å². The Kier molecular flexibility index (Phi) is 1.64. The first kappa shape index (κ1) is 5.77. The molecule has 0 unspecified atom stereocenters. The van der Waals surface area contributed by atoms with Crippen LogP contribution in [0.5, 0.6) is 0 Å². The summed E-state index contributed by atoms with van der Waals surface area (Å²) < 4.78 is 12.6. The molecule has 0 saturated heterocycles. The van der Waals surface area contributed by atoms with Crippen molar-refractivity contribution in [1.82, 2.24) is 0 Å². The first-order valence-electron chi connectivity index (χ1n) is 2.17. The van der Waals surface area contributed by atoms with E-state index in [4.69, 9.17) is 0 Å². The van der Waals surface area contributed by atoms with Crippen LogP contribution < -0.4 is 4.53 Å². The van der Waals surface area contributed by atoms with Crippen molar-refractivity contribution < 1.29 is 19.9 Å². The molecule has 0 fully saturated rings. The SMILES string of the molecule is Fc1cccc[c]1[Ni]. The van der Waals surface area contributed by atoms with Gasteiger partial charge in [0, 0.05) is 0 Å². The van der Waals surface area contributed by atoms with E-state index in [9.17, 15) is 4.39 Å². The number of halogens is 1. The van der Waals surface area contributed by atoms with Crippen LogP contribution in [0, 0.1) is 5.82 Å². The Bertz CT molecular complexity index is 165. The van der Waals surface area contributed by atoms with Crippen molar-refractivity contribution in [3.63, 3.8) is 0 Å². The molecule has 0 aromatic heterocycles. The second-order valence-corrected chi connectivity index (χ2v) is 1.91. The van der Waals surface area contributed by atoms with E-state index >= 15 is 0 Å². The van der Waals surface area contributed by atoms with Gasteiger partial charge in [-0.1, -0.05) is 0 Å². The van der Waals surface area contributed by atoms with Crippen molar-refractivity contribution in [2.45, 2.75) is 0 Å². The first-order chi connectivity index (χ1) is 3.80. The Morgan fingerprint density at radius 1 is 1.25 bits per heavy atom. The third kappa shape index (κ3) is 1.07. The molecule has 2 heteroatoms. The number of benzene rings is 1. The van der Waals surface area contributed by atoms with Crippen LogP contribution in [-0.2, 0) is 15.5 Å². The third-order valence-electron chi connectivity index (χ3n) is 0.799. The summed E-state index contributed by atoms with van der Waals surface area (Å²) in [6.07, 6.45) is 0. The predicted molar refractivity (Wildman–Crippen MR) is 26.0 cm³/mol. The second kappa shape index (κ2) is 2.28. The van der Waals surface area contributed by atoms with Gasteiger partial charge in [-0.3, -0.25) is 0 Å². The zero-order chi connectivity index (χ0) is 5.98. The Hall–Kier alpha value is -0.356. The minimum atomic E-state index is -0.299. The fourth-order valence-electron chi connectivity index (χ4n) is 0.428. The van der Waals surface area contributed by atoms with Gasteiger partial charge in [-0.25, -0.2) is 0 Å². The fourth-order valence-corrected chi connectivity index (χ4v) is 0.606. The average Bonchev–Trinajstić information content (AvgIpc) is 1.77. The summed E-state index contributed by atoms with van der Waals surface area (Å²) >= 11 is 4.29. The van der Waals surface area contributed by atoms with Gasteiger partial charge < -0.3 is 0 Å². The molecule has 0 aliphatic heterocycles. The normalized spacial score (nSPS) is 9.38. The first-order valence-corrected chi connectivity index (χ1v) is 2.67. The Balaban J connectivity index is 3.13. The van der Waals surface area contributed by atoms with Crippen molar-refractivity contribution in [3.05, 3.63) is 30.1 Å². The Morgan fingerprint density at radius 3 is 2.25 bits per heavy atom. The monoisotopic (exact) mass is 153 g/mol. The standard InChI is InChI=1S/C6H4F.Ni/c7-6-4-2-1-3-5-6;/h1-4H;. The van der Waals surface area contributed by atoms with Gasteiger partial charge in [0.25, 0.3) is 0 Å². The van der Waals surface area contributed by atoms with Crippen LogP contribution in [0.2, 0.25) is 0 Å². The number of hydrogen-bond acceptors (Lipinski definition) is 0. The number of rotatable bonds is 0. The van der Waals surface area contributed by atoms with Crippen molar-refractivity contribution >= 4 is 4.53 Å². The van der Waals surface area contributed by atoms with Gasteiger partial charge in [0.05, 0.1) is 0 Å². The molecular formula is C6H4FNi. The van der Waals surface area contributed by atoms with Crippen LogP contribution in [0.3, 0.4) is 0 Å². The summed E-state index contributed by atoms with van der Waals surface area (Å²) in [6.45, 7) is 0. The van der Waals surface area contributed by atoms with E-state index in [1.807, 2.05) is 0 Å². The summed E-state index contributed by atoms with van der Waals surface area (Å²) in [4.78, 5) is 0. The predicted octanol–water partition coefficient (Wildman–Crippen LogP) is 0.998. The second-order valence-electron chi connectivity index (χ2n) is 1.38. The maximum absolute atomic E-state index is 12.2. The fraction of sp³-hybridized carbons (Fsp3) is 0. The minimum absolute atomic E-state index is 0.299. The molecule has 0 spiro atoms. The van der Waals surface area contributed by atoms with Gasteiger partial charge in [0.15, 0.2) is 0 Å². The summed E-state index contributed by atoms with van der Waals surface area (Å²) in [5.41, 5.74) is 0. The van der Waals surface area contributed by atoms with Crippen LogP contribution in [0.25, 0.3) is 0 Å². The van der Waals surface area contributed by atoms with Gasteiger partial charge in [-0.05, 0) is 0 Å². The Morgan fingerprint density at radius 2 is 1.88 bits per heavy atom. The van der Waals surface area contributed by atoms with E-state index in [1.54, 1.807) is 18.2 Å². The molecule has 0 aliphatic rings. The molecule has 1 aromatic carbocycles. The maximum atomic E-state index is 12.2. The van der Waals surface area contributed by atoms with Crippen LogP contribution in [0.1, 0.15) is 0 Å². The summed E-state index contributed by atoms with van der Waals surface area (Å²) in [7, 11) is 0. The number of hydrogen-bond donors (Lipinski definition) is 0. The van der Waals surface area contributed by atoms with E-state index in [1.165, 1.54) is 6.07 Å². The molecule has 0 saturated carbocycles. The van der Waals surface area contributed by atoms with Crippen LogP contribution in [-0.4, -0.2) is 0 Å². The molecule has 45 valence electrons. The molecule has 0 aliphatic carbocycles. The summed E-state index contributed by atoms with van der Waals surface area (Å²) in [5.74, 6) is -0.299. The summed E-state index contributed by atoms with van der Waals surface area (Å²) in [5, 5.41) is 0.